The van der Waals surface area contributed by atoms with E-state index in [1.165, 1.54) is 18.2 Å². The van der Waals surface area contributed by atoms with E-state index in [1.54, 1.807) is 0 Å². The Bertz CT molecular complexity index is 2250. The number of fused-ring (bicyclic) bond motifs is 2. The normalized spacial score (nSPS) is 11.7. The highest BCUT2D eigenvalue weighted by molar-refractivity contribution is 6.58. The van der Waals surface area contributed by atoms with E-state index >= 15 is 0 Å². The molecule has 0 aliphatic heterocycles. The van der Waals surface area contributed by atoms with Crippen molar-refractivity contribution in [1.29, 1.82) is 0 Å². The third-order valence-electron chi connectivity index (χ3n) is 5.93. The molecule has 0 aliphatic rings. The van der Waals surface area contributed by atoms with Crippen LogP contribution < -0.4 is 14.9 Å². The third kappa shape index (κ3) is 12.2. The van der Waals surface area contributed by atoms with E-state index in [0.717, 1.165) is 18.2 Å². The van der Waals surface area contributed by atoms with Gasteiger partial charge < -0.3 is 26.9 Å². The summed E-state index contributed by atoms with van der Waals surface area (Å²) in [4.78, 5) is 0. The van der Waals surface area contributed by atoms with Crippen molar-refractivity contribution in [3.05, 3.63) is 96.5 Å². The van der Waals surface area contributed by atoms with Crippen LogP contribution in [0.4, 0.5) is 61.5 Å². The summed E-state index contributed by atoms with van der Waals surface area (Å²) in [5.41, 5.74) is -0.650. The van der Waals surface area contributed by atoms with Gasteiger partial charge in [-0.25, -0.2) is 8.78 Å². The molecule has 0 atom stereocenters. The van der Waals surface area contributed by atoms with E-state index in [4.69, 9.17) is 21.6 Å². The maximum atomic E-state index is 13.7. The quantitative estimate of drug-likeness (QED) is 0.107. The zero-order valence-electron chi connectivity index (χ0n) is 26.3. The lowest BCUT2D eigenvalue weighted by Gasteiger charge is -2.10. The fraction of sp³-hybridized carbons (Fsp3) is 0.179. The highest BCUT2D eigenvalue weighted by atomic mass is 35.5. The summed E-state index contributed by atoms with van der Waals surface area (Å²) in [5.74, 6) is -7.34. The molecular weight excluding hydrogens is 825 g/mol. The van der Waals surface area contributed by atoms with Crippen LogP contribution in [0.15, 0.2) is 60.7 Å². The second-order valence-electron chi connectivity index (χ2n) is 9.76. The lowest BCUT2D eigenvalue weighted by molar-refractivity contribution is -0.276. The maximum absolute atomic E-state index is 13.7. The summed E-state index contributed by atoms with van der Waals surface area (Å²) in [7, 11) is -1.94. The van der Waals surface area contributed by atoms with E-state index < -0.39 is 67.0 Å². The number of aromatic nitrogens is 8. The molecule has 12 nitrogen and oxygen atoms in total. The van der Waals surface area contributed by atoms with Crippen molar-refractivity contribution in [3.63, 3.8) is 0 Å². The molecule has 304 valence electrons. The third-order valence-corrected chi connectivity index (χ3v) is 6.13. The maximum Gasteiger partial charge on any atom is 0.573 e. The Balaban J connectivity index is 0.000000303. The van der Waals surface area contributed by atoms with Crippen molar-refractivity contribution in [2.75, 3.05) is 0 Å². The van der Waals surface area contributed by atoms with Gasteiger partial charge in [0.15, 0.2) is 34.4 Å². The standard InChI is InChI=1S/C13H5F7N4O.C7H5BF4O3.C6H2ClF3N4.CH4.CH3/c14-7-5-6(1-3-9(7)25-13(18,19)20)8-2-4-10-21-22-11(12(15,16)17)24(10)23-8;9-5-3-4(8(13)14)1-2-6(5)15-7(10,11)12;7-3-1-2-4-11-12-5(6(8,9)10)14(4)13-3;;/h1-5H;1-3,13-14H;1-2H;1H4;1H3/q;;;;-1. The molecule has 0 unspecified atom stereocenters. The number of nitrogens with zero attached hydrogens (tertiary/aromatic N) is 8. The molecule has 6 aromatic rings. The molecule has 0 spiro atoms. The first-order valence-corrected chi connectivity index (χ1v) is 13.9. The Kier molecular flexibility index (Phi) is 14.5. The molecule has 0 fully saturated rings. The Morgan fingerprint density at radius 3 is 1.46 bits per heavy atom. The van der Waals surface area contributed by atoms with Crippen molar-refractivity contribution in [2.24, 2.45) is 0 Å². The van der Waals surface area contributed by atoms with Crippen LogP contribution in [-0.2, 0) is 12.4 Å². The van der Waals surface area contributed by atoms with Gasteiger partial charge in [-0.2, -0.15) is 45.6 Å². The van der Waals surface area contributed by atoms with Crippen LogP contribution in [0.2, 0.25) is 5.15 Å². The van der Waals surface area contributed by atoms with Gasteiger partial charge in [0.05, 0.1) is 5.69 Å². The Hall–Kier alpha value is -5.57. The molecule has 0 saturated carbocycles. The number of rotatable bonds is 4. The molecule has 28 heteroatoms. The SMILES string of the molecule is C.FC(F)(F)c1nnc2ccc(Cl)nn12.Fc1cc(-c2ccc3nnc(C(F)(F)F)n3n2)ccc1OC(F)(F)F.OB(O)c1ccc(OC(F)(F)F)c(F)c1.[CH3-]. The zero-order chi connectivity index (χ0) is 40.4. The van der Waals surface area contributed by atoms with Crippen LogP contribution in [0.25, 0.3) is 22.6 Å². The van der Waals surface area contributed by atoms with Crippen molar-refractivity contribution in [2.45, 2.75) is 32.5 Å². The van der Waals surface area contributed by atoms with Gasteiger partial charge >= 0.3 is 32.2 Å². The highest BCUT2D eigenvalue weighted by Crippen LogP contribution is 2.31. The molecular formula is C28H19BClF14N8O4-. The molecule has 0 amide bonds. The van der Waals surface area contributed by atoms with Crippen LogP contribution in [-0.4, -0.2) is 69.5 Å². The van der Waals surface area contributed by atoms with Gasteiger partial charge in [0.25, 0.3) is 11.6 Å². The minimum absolute atomic E-state index is 0. The smallest absolute Gasteiger partial charge is 0.423 e. The topological polar surface area (TPSA) is 145 Å². The first-order valence-electron chi connectivity index (χ1n) is 13.5. The average Bonchev–Trinajstić information content (AvgIpc) is 3.66. The lowest BCUT2D eigenvalue weighted by Crippen LogP contribution is -2.30. The second kappa shape index (κ2) is 17.5. The van der Waals surface area contributed by atoms with Gasteiger partial charge in [0, 0.05) is 5.56 Å². The zero-order valence-corrected chi connectivity index (χ0v) is 27.1. The number of hydrogen-bond donors (Lipinski definition) is 2. The minimum Gasteiger partial charge on any atom is -0.423 e. The van der Waals surface area contributed by atoms with Crippen LogP contribution >= 0.6 is 11.6 Å². The lowest BCUT2D eigenvalue weighted by atomic mass is 9.80. The fourth-order valence-corrected chi connectivity index (χ4v) is 3.95. The Morgan fingerprint density at radius 1 is 0.589 bits per heavy atom. The van der Waals surface area contributed by atoms with Crippen LogP contribution in [0.3, 0.4) is 0 Å². The second-order valence-corrected chi connectivity index (χ2v) is 10.1. The fourth-order valence-electron chi connectivity index (χ4n) is 3.82. The van der Waals surface area contributed by atoms with E-state index in [1.807, 2.05) is 0 Å². The molecule has 0 radical (unpaired) electrons. The van der Waals surface area contributed by atoms with Crippen LogP contribution in [0, 0.1) is 19.1 Å². The Morgan fingerprint density at radius 2 is 1.04 bits per heavy atom. The van der Waals surface area contributed by atoms with Gasteiger partial charge in [0.2, 0.25) is 0 Å². The first-order chi connectivity index (χ1) is 24.8. The van der Waals surface area contributed by atoms with E-state index in [0.29, 0.717) is 33.3 Å². The van der Waals surface area contributed by atoms with E-state index in [9.17, 15) is 61.5 Å². The minimum atomic E-state index is -5.08. The molecule has 4 aromatic heterocycles. The van der Waals surface area contributed by atoms with Crippen molar-refractivity contribution < 1.29 is 81.0 Å². The predicted octanol–water partition coefficient (Wildman–Crippen LogP) is 7.13. The van der Waals surface area contributed by atoms with E-state index in [-0.39, 0.29) is 48.0 Å². The molecule has 6 rings (SSSR count). The van der Waals surface area contributed by atoms with Crippen molar-refractivity contribution in [3.8, 4) is 22.8 Å². The first kappa shape index (κ1) is 46.6. The summed E-state index contributed by atoms with van der Waals surface area (Å²) in [6.07, 6.45) is -19.5. The van der Waals surface area contributed by atoms with Gasteiger partial charge in [-0.05, 0) is 60.1 Å². The monoisotopic (exact) mass is 843 g/mol. The summed E-state index contributed by atoms with van der Waals surface area (Å²) >= 11 is 5.44. The molecule has 0 bridgehead atoms. The van der Waals surface area contributed by atoms with E-state index in [2.05, 4.69) is 40.1 Å². The summed E-state index contributed by atoms with van der Waals surface area (Å²) in [6, 6.07) is 9.52. The number of ether oxygens (including phenoxy) is 2. The van der Waals surface area contributed by atoms with Crippen molar-refractivity contribution >= 4 is 35.5 Å². The number of hydrogen-bond acceptors (Lipinski definition) is 10. The Labute approximate surface area is 308 Å². The summed E-state index contributed by atoms with van der Waals surface area (Å²) in [5, 5.41) is 36.8. The molecule has 4 heterocycles. The number of benzene rings is 2. The highest BCUT2D eigenvalue weighted by Gasteiger charge is 2.39. The number of alkyl halides is 12. The molecule has 56 heavy (non-hydrogen) atoms. The average molecular weight is 844 g/mol. The van der Waals surface area contributed by atoms with Crippen LogP contribution in [0.5, 0.6) is 11.5 Å². The number of halogens is 15. The molecule has 2 N–H and O–H groups in total. The largest absolute Gasteiger partial charge is 0.573 e. The van der Waals surface area contributed by atoms with Gasteiger partial charge in [-0.15, -0.1) is 46.7 Å². The molecule has 0 aliphatic carbocycles. The van der Waals surface area contributed by atoms with Gasteiger partial charge in [-0.3, -0.25) is 0 Å². The molecule has 0 saturated heterocycles. The van der Waals surface area contributed by atoms with Gasteiger partial charge in [-0.1, -0.05) is 25.1 Å². The van der Waals surface area contributed by atoms with Crippen molar-refractivity contribution in [1.82, 2.24) is 39.6 Å². The van der Waals surface area contributed by atoms with Gasteiger partial charge in [0.1, 0.15) is 5.15 Å². The summed E-state index contributed by atoms with van der Waals surface area (Å²) < 4.78 is 181. The predicted molar refractivity (Wildman–Crippen MR) is 165 cm³/mol. The van der Waals surface area contributed by atoms with Crippen LogP contribution in [0.1, 0.15) is 19.1 Å². The summed E-state index contributed by atoms with van der Waals surface area (Å²) in [6.45, 7) is 0. The molecule has 2 aromatic carbocycles.